The van der Waals surface area contributed by atoms with Gasteiger partial charge in [-0.1, -0.05) is 18.2 Å². The van der Waals surface area contributed by atoms with Gasteiger partial charge in [0.2, 0.25) is 5.91 Å². The molecule has 0 radical (unpaired) electrons. The number of likely N-dealkylation sites (tertiary alicyclic amines) is 2. The predicted octanol–water partition coefficient (Wildman–Crippen LogP) is 3.50. The minimum absolute atomic E-state index is 0.124. The van der Waals surface area contributed by atoms with Gasteiger partial charge in [0, 0.05) is 38.2 Å². The maximum absolute atomic E-state index is 12.2. The molecule has 0 unspecified atom stereocenters. The molecule has 136 valence electrons. The van der Waals surface area contributed by atoms with Crippen molar-refractivity contribution in [2.75, 3.05) is 26.2 Å². The van der Waals surface area contributed by atoms with Crippen molar-refractivity contribution >= 4 is 11.7 Å². The van der Waals surface area contributed by atoms with Crippen molar-refractivity contribution in [1.82, 2.24) is 9.80 Å². The number of piperidine rings is 1. The largest absolute Gasteiger partial charge is 0.343 e. The lowest BCUT2D eigenvalue weighted by Gasteiger charge is -2.33. The molecule has 2 fully saturated rings. The molecule has 0 aliphatic carbocycles. The van der Waals surface area contributed by atoms with Crippen molar-refractivity contribution in [3.05, 3.63) is 35.4 Å². The normalized spacial score (nSPS) is 21.5. The molecule has 0 saturated carbocycles. The van der Waals surface area contributed by atoms with Gasteiger partial charge in [-0.3, -0.25) is 14.5 Å². The van der Waals surface area contributed by atoms with Crippen LogP contribution in [0.5, 0.6) is 0 Å². The van der Waals surface area contributed by atoms with E-state index in [9.17, 15) is 9.59 Å². The summed E-state index contributed by atoms with van der Waals surface area (Å²) in [5.41, 5.74) is 2.00. The summed E-state index contributed by atoms with van der Waals surface area (Å²) in [5, 5.41) is 0. The van der Waals surface area contributed by atoms with Crippen LogP contribution in [0.15, 0.2) is 24.3 Å². The van der Waals surface area contributed by atoms with Crippen LogP contribution in [0.4, 0.5) is 0 Å². The zero-order chi connectivity index (χ0) is 17.6. The van der Waals surface area contributed by atoms with Gasteiger partial charge in [-0.05, 0) is 63.1 Å². The van der Waals surface area contributed by atoms with E-state index in [2.05, 4.69) is 11.0 Å². The summed E-state index contributed by atoms with van der Waals surface area (Å²) in [5.74, 6) is 1.10. The van der Waals surface area contributed by atoms with E-state index in [1.807, 2.05) is 23.1 Å². The van der Waals surface area contributed by atoms with E-state index < -0.39 is 0 Å². The van der Waals surface area contributed by atoms with Gasteiger partial charge in [0.05, 0.1) is 0 Å². The summed E-state index contributed by atoms with van der Waals surface area (Å²) in [7, 11) is 0. The molecule has 1 aromatic rings. The predicted molar refractivity (Wildman–Crippen MR) is 99.5 cm³/mol. The van der Waals surface area contributed by atoms with Crippen molar-refractivity contribution in [1.29, 1.82) is 0 Å². The topological polar surface area (TPSA) is 40.6 Å². The summed E-state index contributed by atoms with van der Waals surface area (Å²) in [6.45, 7) is 6.62. The summed E-state index contributed by atoms with van der Waals surface area (Å²) < 4.78 is 0. The molecular weight excluding hydrogens is 312 g/mol. The first-order valence-corrected chi connectivity index (χ1v) is 9.72. The number of benzene rings is 1. The molecule has 3 rings (SSSR count). The third kappa shape index (κ3) is 5.15. The van der Waals surface area contributed by atoms with E-state index in [4.69, 9.17) is 0 Å². The van der Waals surface area contributed by atoms with Gasteiger partial charge in [-0.25, -0.2) is 0 Å². The second-order valence-corrected chi connectivity index (χ2v) is 7.63. The maximum Gasteiger partial charge on any atom is 0.222 e. The first-order chi connectivity index (χ1) is 12.1. The second-order valence-electron chi connectivity index (χ2n) is 7.63. The number of carbonyl (C=O) groups excluding carboxylic acids is 2. The Balaban J connectivity index is 1.48. The third-order valence-electron chi connectivity index (χ3n) is 5.57. The minimum Gasteiger partial charge on any atom is -0.343 e. The number of rotatable bonds is 6. The third-order valence-corrected chi connectivity index (χ3v) is 5.57. The molecule has 1 amide bonds. The minimum atomic E-state index is 0.124. The average molecular weight is 342 g/mol. The molecular formula is C21H30N2O2. The van der Waals surface area contributed by atoms with Crippen LogP contribution >= 0.6 is 0 Å². The molecule has 1 aromatic carbocycles. The second kappa shape index (κ2) is 8.61. The SMILES string of the molecule is CC(=O)c1cccc(CN2CCC[C@@H](CCC(=O)N3CCCC3)C2)c1. The van der Waals surface area contributed by atoms with Crippen LogP contribution in [-0.4, -0.2) is 47.7 Å². The van der Waals surface area contributed by atoms with E-state index in [1.54, 1.807) is 6.92 Å². The Kier molecular flexibility index (Phi) is 6.24. The number of nitrogens with zero attached hydrogens (tertiary/aromatic N) is 2. The summed E-state index contributed by atoms with van der Waals surface area (Å²) in [4.78, 5) is 28.3. The van der Waals surface area contributed by atoms with Gasteiger partial charge >= 0.3 is 0 Å². The smallest absolute Gasteiger partial charge is 0.222 e. The molecule has 2 heterocycles. The maximum atomic E-state index is 12.2. The highest BCUT2D eigenvalue weighted by molar-refractivity contribution is 5.94. The average Bonchev–Trinajstić information content (AvgIpc) is 3.15. The molecule has 4 nitrogen and oxygen atoms in total. The van der Waals surface area contributed by atoms with E-state index in [1.165, 1.54) is 31.2 Å². The van der Waals surface area contributed by atoms with Crippen molar-refractivity contribution in [3.63, 3.8) is 0 Å². The highest BCUT2D eigenvalue weighted by Gasteiger charge is 2.23. The highest BCUT2D eigenvalue weighted by atomic mass is 16.2. The fourth-order valence-corrected chi connectivity index (χ4v) is 4.13. The molecule has 2 aliphatic heterocycles. The van der Waals surface area contributed by atoms with Gasteiger partial charge < -0.3 is 4.90 Å². The van der Waals surface area contributed by atoms with Crippen molar-refractivity contribution < 1.29 is 9.59 Å². The van der Waals surface area contributed by atoms with Gasteiger partial charge in [-0.15, -0.1) is 0 Å². The summed E-state index contributed by atoms with van der Waals surface area (Å²) in [6, 6.07) is 7.98. The fourth-order valence-electron chi connectivity index (χ4n) is 4.13. The number of hydrogen-bond donors (Lipinski definition) is 0. The molecule has 0 aromatic heterocycles. The Morgan fingerprint density at radius 3 is 2.68 bits per heavy atom. The zero-order valence-electron chi connectivity index (χ0n) is 15.4. The Morgan fingerprint density at radius 1 is 1.12 bits per heavy atom. The molecule has 4 heteroatoms. The van der Waals surface area contributed by atoms with E-state index >= 15 is 0 Å². The van der Waals surface area contributed by atoms with Crippen molar-refractivity contribution in [3.8, 4) is 0 Å². The number of amides is 1. The van der Waals surface area contributed by atoms with Crippen LogP contribution in [0.2, 0.25) is 0 Å². The zero-order valence-corrected chi connectivity index (χ0v) is 15.4. The molecule has 0 bridgehead atoms. The van der Waals surface area contributed by atoms with Gasteiger partial charge in [-0.2, -0.15) is 0 Å². The van der Waals surface area contributed by atoms with Gasteiger partial charge in [0.25, 0.3) is 0 Å². The lowest BCUT2D eigenvalue weighted by Crippen LogP contribution is -2.36. The lowest BCUT2D eigenvalue weighted by atomic mass is 9.92. The first-order valence-electron chi connectivity index (χ1n) is 9.72. The first kappa shape index (κ1) is 18.1. The number of Topliss-reactive ketones (excluding diaryl/α,β-unsaturated/α-hetero) is 1. The standard InChI is InChI=1S/C21H30N2O2/c1-17(24)20-8-4-6-19(14-20)16-22-11-5-7-18(15-22)9-10-21(25)23-12-2-3-13-23/h4,6,8,14,18H,2-3,5,7,9-13,15-16H2,1H3/t18-/m0/s1. The highest BCUT2D eigenvalue weighted by Crippen LogP contribution is 2.23. The Morgan fingerprint density at radius 2 is 1.92 bits per heavy atom. The number of ketones is 1. The molecule has 2 aliphatic rings. The van der Waals surface area contributed by atoms with Crippen molar-refractivity contribution in [2.45, 2.75) is 52.0 Å². The van der Waals surface area contributed by atoms with E-state index in [-0.39, 0.29) is 5.78 Å². The Bertz CT molecular complexity index is 608. The van der Waals surface area contributed by atoms with Crippen LogP contribution in [-0.2, 0) is 11.3 Å². The molecule has 0 spiro atoms. The van der Waals surface area contributed by atoms with Crippen LogP contribution < -0.4 is 0 Å². The number of hydrogen-bond acceptors (Lipinski definition) is 3. The van der Waals surface area contributed by atoms with Crippen LogP contribution in [0.3, 0.4) is 0 Å². The monoisotopic (exact) mass is 342 g/mol. The summed E-state index contributed by atoms with van der Waals surface area (Å²) in [6.07, 6.45) is 6.49. The molecule has 2 saturated heterocycles. The van der Waals surface area contributed by atoms with Crippen LogP contribution in [0, 0.1) is 5.92 Å². The quantitative estimate of drug-likeness (QED) is 0.743. The molecule has 1 atom stereocenters. The van der Waals surface area contributed by atoms with Crippen LogP contribution in [0.25, 0.3) is 0 Å². The van der Waals surface area contributed by atoms with Gasteiger partial charge in [0.15, 0.2) is 5.78 Å². The summed E-state index contributed by atoms with van der Waals surface area (Å²) >= 11 is 0. The molecule has 25 heavy (non-hydrogen) atoms. The van der Waals surface area contributed by atoms with E-state index in [0.717, 1.165) is 44.7 Å². The van der Waals surface area contributed by atoms with Crippen LogP contribution in [0.1, 0.15) is 61.4 Å². The Labute approximate surface area is 151 Å². The van der Waals surface area contributed by atoms with Gasteiger partial charge in [0.1, 0.15) is 0 Å². The van der Waals surface area contributed by atoms with Crippen molar-refractivity contribution in [2.24, 2.45) is 5.92 Å². The van der Waals surface area contributed by atoms with E-state index in [0.29, 0.717) is 18.2 Å². The molecule has 0 N–H and O–H groups in total. The lowest BCUT2D eigenvalue weighted by molar-refractivity contribution is -0.130. The fraction of sp³-hybridized carbons (Fsp3) is 0.619. The number of carbonyl (C=O) groups is 2. The Hall–Kier alpha value is -1.68.